The number of hydrogen-bond acceptors (Lipinski definition) is 7. The summed E-state index contributed by atoms with van der Waals surface area (Å²) in [5.41, 5.74) is 1.40. The number of para-hydroxylation sites is 1. The predicted octanol–water partition coefficient (Wildman–Crippen LogP) is 4.17. The highest BCUT2D eigenvalue weighted by Crippen LogP contribution is 2.29. The van der Waals surface area contributed by atoms with Crippen molar-refractivity contribution in [2.24, 2.45) is 0 Å². The van der Waals surface area contributed by atoms with Gasteiger partial charge in [-0.2, -0.15) is 0 Å². The van der Waals surface area contributed by atoms with E-state index in [9.17, 15) is 9.59 Å². The molecule has 148 valence electrons. The average molecular weight is 418 g/mol. The summed E-state index contributed by atoms with van der Waals surface area (Å²) < 4.78 is 6.24. The number of aromatic nitrogens is 1. The number of rotatable bonds is 8. The Balaban J connectivity index is 1.63. The van der Waals surface area contributed by atoms with E-state index in [0.29, 0.717) is 23.7 Å². The van der Waals surface area contributed by atoms with Gasteiger partial charge in [0.05, 0.1) is 35.5 Å². The Hall–Kier alpha value is -2.29. The second-order valence-corrected chi connectivity index (χ2v) is 8.58. The van der Waals surface area contributed by atoms with Gasteiger partial charge in [0.15, 0.2) is 0 Å². The third kappa shape index (κ3) is 4.95. The van der Waals surface area contributed by atoms with E-state index in [-0.39, 0.29) is 12.5 Å². The summed E-state index contributed by atoms with van der Waals surface area (Å²) in [5.74, 6) is -0.574. The van der Waals surface area contributed by atoms with E-state index in [1.807, 2.05) is 43.1 Å². The van der Waals surface area contributed by atoms with Crippen LogP contribution >= 0.6 is 22.7 Å². The number of hydrogen-bond donors (Lipinski definition) is 1. The number of esters is 1. The SMILES string of the molecule is CCOC(=O)c1cc(CC)sc1NC(=O)CN(C)Cc1nc2ccccc2s1. The van der Waals surface area contributed by atoms with Gasteiger partial charge in [0.2, 0.25) is 5.91 Å². The topological polar surface area (TPSA) is 71.5 Å². The van der Waals surface area contributed by atoms with Gasteiger partial charge in [-0.15, -0.1) is 22.7 Å². The molecular formula is C20H23N3O3S2. The fourth-order valence-corrected chi connectivity index (χ4v) is 4.80. The molecule has 2 aromatic heterocycles. The summed E-state index contributed by atoms with van der Waals surface area (Å²) in [5, 5.41) is 4.38. The smallest absolute Gasteiger partial charge is 0.341 e. The molecule has 1 amide bonds. The second kappa shape index (κ2) is 9.27. The van der Waals surface area contributed by atoms with Gasteiger partial charge in [0.25, 0.3) is 0 Å². The zero-order valence-corrected chi connectivity index (χ0v) is 17.8. The molecule has 0 unspecified atom stereocenters. The fraction of sp³-hybridized carbons (Fsp3) is 0.350. The number of aryl methyl sites for hydroxylation is 1. The van der Waals surface area contributed by atoms with E-state index in [2.05, 4.69) is 10.3 Å². The third-order valence-electron chi connectivity index (χ3n) is 4.04. The maximum atomic E-state index is 12.5. The minimum atomic E-state index is -0.406. The number of carbonyl (C=O) groups excluding carboxylic acids is 2. The first-order valence-electron chi connectivity index (χ1n) is 9.12. The summed E-state index contributed by atoms with van der Waals surface area (Å²) in [7, 11) is 1.88. The lowest BCUT2D eigenvalue weighted by Crippen LogP contribution is -2.30. The average Bonchev–Trinajstić information content (AvgIpc) is 3.24. The molecule has 0 spiro atoms. The van der Waals surface area contributed by atoms with E-state index < -0.39 is 5.97 Å². The molecule has 0 saturated carbocycles. The number of anilines is 1. The maximum Gasteiger partial charge on any atom is 0.341 e. The Labute approximate surface area is 172 Å². The van der Waals surface area contributed by atoms with E-state index >= 15 is 0 Å². The van der Waals surface area contributed by atoms with Crippen molar-refractivity contribution < 1.29 is 14.3 Å². The number of ether oxygens (including phenoxy) is 1. The molecule has 3 rings (SSSR count). The molecule has 8 heteroatoms. The van der Waals surface area contributed by atoms with Crippen LogP contribution in [0.15, 0.2) is 30.3 Å². The molecule has 0 radical (unpaired) electrons. The number of amides is 1. The summed E-state index contributed by atoms with van der Waals surface area (Å²) >= 11 is 3.05. The molecule has 1 N–H and O–H groups in total. The first-order chi connectivity index (χ1) is 13.5. The molecule has 0 aliphatic heterocycles. The van der Waals surface area contributed by atoms with Gasteiger partial charge >= 0.3 is 5.97 Å². The van der Waals surface area contributed by atoms with Crippen molar-refractivity contribution in [2.45, 2.75) is 26.8 Å². The summed E-state index contributed by atoms with van der Waals surface area (Å²) in [6.45, 7) is 4.87. The van der Waals surface area contributed by atoms with Crippen molar-refractivity contribution in [3.8, 4) is 0 Å². The molecule has 0 aliphatic rings. The lowest BCUT2D eigenvalue weighted by Gasteiger charge is -2.14. The highest BCUT2D eigenvalue weighted by molar-refractivity contribution is 7.18. The highest BCUT2D eigenvalue weighted by Gasteiger charge is 2.19. The lowest BCUT2D eigenvalue weighted by atomic mass is 10.2. The molecule has 0 aliphatic carbocycles. The molecule has 0 fully saturated rings. The monoisotopic (exact) mass is 417 g/mol. The summed E-state index contributed by atoms with van der Waals surface area (Å²) in [4.78, 5) is 32.2. The van der Waals surface area contributed by atoms with Crippen LogP contribution in [-0.2, 0) is 22.5 Å². The number of benzene rings is 1. The van der Waals surface area contributed by atoms with Crippen molar-refractivity contribution in [1.82, 2.24) is 9.88 Å². The zero-order valence-electron chi connectivity index (χ0n) is 16.2. The van der Waals surface area contributed by atoms with Crippen molar-refractivity contribution >= 4 is 49.8 Å². The van der Waals surface area contributed by atoms with Crippen LogP contribution in [0.3, 0.4) is 0 Å². The largest absolute Gasteiger partial charge is 0.462 e. The maximum absolute atomic E-state index is 12.5. The molecule has 0 atom stereocenters. The number of carbonyl (C=O) groups is 2. The van der Waals surface area contributed by atoms with Crippen LogP contribution in [0.2, 0.25) is 0 Å². The Bertz CT molecular complexity index is 947. The highest BCUT2D eigenvalue weighted by atomic mass is 32.1. The molecule has 6 nitrogen and oxygen atoms in total. The van der Waals surface area contributed by atoms with Gasteiger partial charge < -0.3 is 10.1 Å². The number of thiophene rings is 1. The Morgan fingerprint density at radius 3 is 2.71 bits per heavy atom. The predicted molar refractivity (Wildman–Crippen MR) is 114 cm³/mol. The molecule has 3 aromatic rings. The van der Waals surface area contributed by atoms with Gasteiger partial charge in [-0.25, -0.2) is 9.78 Å². The number of nitrogens with one attached hydrogen (secondary N) is 1. The van der Waals surface area contributed by atoms with Crippen molar-refractivity contribution in [2.75, 3.05) is 25.5 Å². The number of fused-ring (bicyclic) bond motifs is 1. The van der Waals surface area contributed by atoms with Gasteiger partial charge in [-0.3, -0.25) is 9.69 Å². The second-order valence-electron chi connectivity index (χ2n) is 6.33. The van der Waals surface area contributed by atoms with E-state index in [4.69, 9.17) is 4.74 Å². The summed E-state index contributed by atoms with van der Waals surface area (Å²) in [6.07, 6.45) is 0.796. The van der Waals surface area contributed by atoms with Crippen LogP contribution in [0.1, 0.15) is 34.1 Å². The van der Waals surface area contributed by atoms with E-state index in [1.165, 1.54) is 11.3 Å². The quantitative estimate of drug-likeness (QED) is 0.557. The number of likely N-dealkylation sites (N-methyl/N-ethyl adjacent to an activating group) is 1. The first kappa shape index (κ1) is 20.4. The number of thiazole rings is 1. The van der Waals surface area contributed by atoms with Crippen molar-refractivity contribution in [3.05, 3.63) is 45.8 Å². The van der Waals surface area contributed by atoms with Crippen LogP contribution in [0.4, 0.5) is 5.00 Å². The zero-order chi connectivity index (χ0) is 20.1. The standard InChI is InChI=1S/C20H23N3O3S2/c1-4-13-10-14(20(25)26-5-2)19(27-13)22-17(24)11-23(3)12-18-21-15-8-6-7-9-16(15)28-18/h6-10H,4-5,11-12H2,1-3H3,(H,22,24). The van der Waals surface area contributed by atoms with Gasteiger partial charge in [-0.1, -0.05) is 19.1 Å². The molecule has 2 heterocycles. The lowest BCUT2D eigenvalue weighted by molar-refractivity contribution is -0.117. The minimum Gasteiger partial charge on any atom is -0.462 e. The molecular weight excluding hydrogens is 394 g/mol. The van der Waals surface area contributed by atoms with Gasteiger partial charge in [-0.05, 0) is 38.6 Å². The van der Waals surface area contributed by atoms with Crippen LogP contribution in [-0.4, -0.2) is 42.0 Å². The van der Waals surface area contributed by atoms with Crippen molar-refractivity contribution in [1.29, 1.82) is 0 Å². The molecule has 1 aromatic carbocycles. The van der Waals surface area contributed by atoms with E-state index in [1.54, 1.807) is 24.3 Å². The van der Waals surface area contributed by atoms with E-state index in [0.717, 1.165) is 26.5 Å². The van der Waals surface area contributed by atoms with Crippen LogP contribution < -0.4 is 5.32 Å². The van der Waals surface area contributed by atoms with Crippen LogP contribution in [0.5, 0.6) is 0 Å². The number of nitrogens with zero attached hydrogens (tertiary/aromatic N) is 2. The molecule has 0 bridgehead atoms. The Morgan fingerprint density at radius 2 is 2.00 bits per heavy atom. The van der Waals surface area contributed by atoms with Gasteiger partial charge in [0.1, 0.15) is 10.0 Å². The third-order valence-corrected chi connectivity index (χ3v) is 6.25. The Kier molecular flexibility index (Phi) is 6.77. The van der Waals surface area contributed by atoms with Crippen molar-refractivity contribution in [3.63, 3.8) is 0 Å². The first-order valence-corrected chi connectivity index (χ1v) is 10.8. The Morgan fingerprint density at radius 1 is 1.21 bits per heavy atom. The minimum absolute atomic E-state index is 0.168. The summed E-state index contributed by atoms with van der Waals surface area (Å²) in [6, 6.07) is 9.79. The fourth-order valence-electron chi connectivity index (χ4n) is 2.76. The van der Waals surface area contributed by atoms with Crippen LogP contribution in [0, 0.1) is 0 Å². The normalized spacial score (nSPS) is 11.1. The molecule has 0 saturated heterocycles. The van der Waals surface area contributed by atoms with Gasteiger partial charge in [0, 0.05) is 4.88 Å². The molecule has 28 heavy (non-hydrogen) atoms. The van der Waals surface area contributed by atoms with Crippen LogP contribution in [0.25, 0.3) is 10.2 Å².